The van der Waals surface area contributed by atoms with Gasteiger partial charge in [0.25, 0.3) is 0 Å². The van der Waals surface area contributed by atoms with E-state index in [2.05, 4.69) is 37.1 Å². The minimum atomic E-state index is 0.0899. The number of morpholine rings is 1. The van der Waals surface area contributed by atoms with Gasteiger partial charge in [-0.2, -0.15) is 0 Å². The molecule has 19 heavy (non-hydrogen) atoms. The van der Waals surface area contributed by atoms with Crippen LogP contribution in [0.2, 0.25) is 0 Å². The van der Waals surface area contributed by atoms with Crippen LogP contribution in [0.4, 0.5) is 0 Å². The second-order valence-corrected chi connectivity index (χ2v) is 5.65. The van der Waals surface area contributed by atoms with E-state index in [-0.39, 0.29) is 5.54 Å². The summed E-state index contributed by atoms with van der Waals surface area (Å²) in [6.07, 6.45) is 2.67. The smallest absolute Gasteiger partial charge is 0.105 e. The minimum absolute atomic E-state index is 0.0899. The Bertz CT molecular complexity index is 356. The molecular formula is C15H26N2O2. The summed E-state index contributed by atoms with van der Waals surface area (Å²) in [5.74, 6) is 1.05. The Morgan fingerprint density at radius 3 is 2.68 bits per heavy atom. The molecule has 1 saturated heterocycles. The van der Waals surface area contributed by atoms with Gasteiger partial charge in [-0.05, 0) is 32.5 Å². The van der Waals surface area contributed by atoms with E-state index in [0.717, 1.165) is 45.0 Å². The van der Waals surface area contributed by atoms with Crippen molar-refractivity contribution in [3.8, 4) is 0 Å². The fourth-order valence-corrected chi connectivity index (χ4v) is 2.81. The number of nitrogens with one attached hydrogen (secondary N) is 1. The lowest BCUT2D eigenvalue weighted by atomic mass is 9.88. The first-order valence-corrected chi connectivity index (χ1v) is 7.23. The molecule has 1 unspecified atom stereocenters. The number of furan rings is 1. The van der Waals surface area contributed by atoms with Crippen LogP contribution in [0.3, 0.4) is 0 Å². The van der Waals surface area contributed by atoms with Crippen molar-refractivity contribution in [1.29, 1.82) is 0 Å². The van der Waals surface area contributed by atoms with Crippen molar-refractivity contribution in [1.82, 2.24) is 10.2 Å². The van der Waals surface area contributed by atoms with Gasteiger partial charge in [0.15, 0.2) is 0 Å². The third-order valence-corrected chi connectivity index (χ3v) is 4.11. The zero-order chi connectivity index (χ0) is 13.7. The predicted octanol–water partition coefficient (Wildman–Crippen LogP) is 1.91. The molecule has 1 atom stereocenters. The molecular weight excluding hydrogens is 240 g/mol. The van der Waals surface area contributed by atoms with Gasteiger partial charge in [-0.15, -0.1) is 0 Å². The van der Waals surface area contributed by atoms with Crippen molar-refractivity contribution < 1.29 is 9.15 Å². The molecule has 0 bridgehead atoms. The lowest BCUT2D eigenvalue weighted by Crippen LogP contribution is -2.61. The third kappa shape index (κ3) is 3.59. The van der Waals surface area contributed by atoms with Crippen molar-refractivity contribution >= 4 is 0 Å². The number of ether oxygens (including phenoxy) is 1. The van der Waals surface area contributed by atoms with Crippen molar-refractivity contribution in [2.24, 2.45) is 0 Å². The Morgan fingerprint density at radius 1 is 1.37 bits per heavy atom. The third-order valence-electron chi connectivity index (χ3n) is 4.11. The number of rotatable bonds is 6. The minimum Gasteiger partial charge on any atom is -0.469 e. The number of hydrogen-bond acceptors (Lipinski definition) is 4. The first-order chi connectivity index (χ1) is 9.14. The summed E-state index contributed by atoms with van der Waals surface area (Å²) in [6, 6.07) is 4.39. The lowest BCUT2D eigenvalue weighted by Gasteiger charge is -2.46. The normalized spacial score (nSPS) is 19.5. The van der Waals surface area contributed by atoms with Crippen LogP contribution in [0, 0.1) is 0 Å². The molecule has 108 valence electrons. The molecule has 4 heteroatoms. The zero-order valence-corrected chi connectivity index (χ0v) is 12.3. The summed E-state index contributed by atoms with van der Waals surface area (Å²) < 4.78 is 11.0. The van der Waals surface area contributed by atoms with Gasteiger partial charge in [-0.25, -0.2) is 0 Å². The number of nitrogens with zero attached hydrogens (tertiary/aromatic N) is 1. The predicted molar refractivity (Wildman–Crippen MR) is 76.3 cm³/mol. The standard InChI is InChI=1S/C15H26N2O2/c1-4-16-14(12-13-6-5-9-19-13)15(2,3)17-7-10-18-11-8-17/h5-6,9,14,16H,4,7-8,10-12H2,1-3H3. The quantitative estimate of drug-likeness (QED) is 0.853. The second kappa shape index (κ2) is 6.55. The summed E-state index contributed by atoms with van der Waals surface area (Å²) in [5, 5.41) is 3.62. The average molecular weight is 266 g/mol. The molecule has 0 aromatic carbocycles. The average Bonchev–Trinajstić information content (AvgIpc) is 2.92. The molecule has 1 N–H and O–H groups in total. The highest BCUT2D eigenvalue weighted by Gasteiger charge is 2.36. The van der Waals surface area contributed by atoms with E-state index >= 15 is 0 Å². The van der Waals surface area contributed by atoms with Gasteiger partial charge in [0.2, 0.25) is 0 Å². The van der Waals surface area contributed by atoms with Crippen LogP contribution in [0.25, 0.3) is 0 Å². The van der Waals surface area contributed by atoms with Gasteiger partial charge in [-0.1, -0.05) is 6.92 Å². The molecule has 1 aliphatic heterocycles. The van der Waals surface area contributed by atoms with Crippen molar-refractivity contribution in [2.45, 2.75) is 38.8 Å². The Morgan fingerprint density at radius 2 is 2.11 bits per heavy atom. The van der Waals surface area contributed by atoms with Gasteiger partial charge >= 0.3 is 0 Å². The van der Waals surface area contributed by atoms with Gasteiger partial charge in [-0.3, -0.25) is 4.90 Å². The second-order valence-electron chi connectivity index (χ2n) is 5.65. The van der Waals surface area contributed by atoms with Gasteiger partial charge in [0.05, 0.1) is 19.5 Å². The highest BCUT2D eigenvalue weighted by atomic mass is 16.5. The molecule has 1 aromatic rings. The summed E-state index contributed by atoms with van der Waals surface area (Å²) in [7, 11) is 0. The van der Waals surface area contributed by atoms with Crippen molar-refractivity contribution in [3.63, 3.8) is 0 Å². The van der Waals surface area contributed by atoms with E-state index in [4.69, 9.17) is 9.15 Å². The molecule has 2 rings (SSSR count). The Kier molecular flexibility index (Phi) is 5.02. The summed E-state index contributed by atoms with van der Waals surface area (Å²) in [5.41, 5.74) is 0.0899. The fraction of sp³-hybridized carbons (Fsp3) is 0.733. The van der Waals surface area contributed by atoms with Crippen LogP contribution in [-0.2, 0) is 11.2 Å². The maximum Gasteiger partial charge on any atom is 0.105 e. The molecule has 0 radical (unpaired) electrons. The van der Waals surface area contributed by atoms with Gasteiger partial charge in [0, 0.05) is 31.1 Å². The SMILES string of the molecule is CCNC(Cc1ccco1)C(C)(C)N1CCOCC1. The Hall–Kier alpha value is -0.840. The number of hydrogen-bond donors (Lipinski definition) is 1. The number of likely N-dealkylation sites (N-methyl/N-ethyl adjacent to an activating group) is 1. The largest absolute Gasteiger partial charge is 0.469 e. The van der Waals surface area contributed by atoms with Crippen LogP contribution >= 0.6 is 0 Å². The molecule has 0 saturated carbocycles. The van der Waals surface area contributed by atoms with E-state index in [9.17, 15) is 0 Å². The van der Waals surface area contributed by atoms with Crippen LogP contribution < -0.4 is 5.32 Å². The van der Waals surface area contributed by atoms with Crippen LogP contribution in [0.15, 0.2) is 22.8 Å². The monoisotopic (exact) mass is 266 g/mol. The van der Waals surface area contributed by atoms with Crippen molar-refractivity contribution in [2.75, 3.05) is 32.8 Å². The molecule has 0 aliphatic carbocycles. The topological polar surface area (TPSA) is 37.6 Å². The Balaban J connectivity index is 2.06. The van der Waals surface area contributed by atoms with Gasteiger partial charge < -0.3 is 14.5 Å². The summed E-state index contributed by atoms with van der Waals surface area (Å²) in [4.78, 5) is 2.52. The maximum atomic E-state index is 5.51. The van der Waals surface area contributed by atoms with Crippen LogP contribution in [0.1, 0.15) is 26.5 Å². The molecule has 1 aromatic heterocycles. The van der Waals surface area contributed by atoms with E-state index in [1.807, 2.05) is 6.07 Å². The first-order valence-electron chi connectivity index (χ1n) is 7.23. The fourth-order valence-electron chi connectivity index (χ4n) is 2.81. The molecule has 1 fully saturated rings. The van der Waals surface area contributed by atoms with E-state index in [1.165, 1.54) is 0 Å². The highest BCUT2D eigenvalue weighted by Crippen LogP contribution is 2.23. The zero-order valence-electron chi connectivity index (χ0n) is 12.3. The Labute approximate surface area is 116 Å². The molecule has 0 spiro atoms. The van der Waals surface area contributed by atoms with E-state index in [0.29, 0.717) is 6.04 Å². The van der Waals surface area contributed by atoms with Crippen molar-refractivity contribution in [3.05, 3.63) is 24.2 Å². The molecule has 0 amide bonds. The highest BCUT2D eigenvalue weighted by molar-refractivity contribution is 5.05. The first kappa shape index (κ1) is 14.6. The van der Waals surface area contributed by atoms with E-state index < -0.39 is 0 Å². The van der Waals surface area contributed by atoms with Crippen LogP contribution in [0.5, 0.6) is 0 Å². The molecule has 2 heterocycles. The molecule has 4 nitrogen and oxygen atoms in total. The van der Waals surface area contributed by atoms with Gasteiger partial charge in [0.1, 0.15) is 5.76 Å². The summed E-state index contributed by atoms with van der Waals surface area (Å²) >= 11 is 0. The van der Waals surface area contributed by atoms with E-state index in [1.54, 1.807) is 6.26 Å². The molecule has 1 aliphatic rings. The maximum absolute atomic E-state index is 5.51. The summed E-state index contributed by atoms with van der Waals surface area (Å²) in [6.45, 7) is 11.4. The van der Waals surface area contributed by atoms with Crippen LogP contribution in [-0.4, -0.2) is 49.3 Å². The lowest BCUT2D eigenvalue weighted by molar-refractivity contribution is -0.0236.